The van der Waals surface area contributed by atoms with Crippen molar-refractivity contribution in [3.8, 4) is 0 Å². The standard InChI is InChI=1S/C25H17N3O3S2/c1-32-18-10-7-15(8-11-18)13-20-23(29)28(22(26-20)16-5-3-2-4-6-16)25-27-19-12-9-17(24(30)31)14-21(19)33-25/h2-14H,1H3,(H,30,31). The summed E-state index contributed by atoms with van der Waals surface area (Å²) in [5, 5.41) is 9.74. The largest absolute Gasteiger partial charge is 0.478 e. The van der Waals surface area contributed by atoms with E-state index in [1.165, 1.54) is 22.3 Å². The van der Waals surface area contributed by atoms with Crippen LogP contribution in [-0.2, 0) is 4.79 Å². The molecule has 1 N–H and O–H groups in total. The molecule has 33 heavy (non-hydrogen) atoms. The number of hydrogen-bond acceptors (Lipinski definition) is 6. The number of rotatable bonds is 5. The number of carboxylic acid groups (broad SMARTS) is 1. The van der Waals surface area contributed by atoms with Crippen molar-refractivity contribution in [1.82, 2.24) is 4.98 Å². The molecule has 0 spiro atoms. The van der Waals surface area contributed by atoms with Crippen molar-refractivity contribution in [2.24, 2.45) is 4.99 Å². The highest BCUT2D eigenvalue weighted by Crippen LogP contribution is 2.34. The highest BCUT2D eigenvalue weighted by Gasteiger charge is 2.34. The van der Waals surface area contributed by atoms with Gasteiger partial charge >= 0.3 is 5.97 Å². The normalized spacial score (nSPS) is 14.8. The Balaban J connectivity index is 1.60. The van der Waals surface area contributed by atoms with E-state index in [9.17, 15) is 14.7 Å². The van der Waals surface area contributed by atoms with Gasteiger partial charge < -0.3 is 5.11 Å². The molecule has 1 aliphatic heterocycles. The lowest BCUT2D eigenvalue weighted by molar-refractivity contribution is -0.113. The summed E-state index contributed by atoms with van der Waals surface area (Å²) in [6.45, 7) is 0. The van der Waals surface area contributed by atoms with Gasteiger partial charge in [-0.15, -0.1) is 11.8 Å². The number of benzene rings is 3. The number of nitrogens with zero attached hydrogens (tertiary/aromatic N) is 3. The molecule has 1 aliphatic rings. The van der Waals surface area contributed by atoms with Crippen LogP contribution in [0.3, 0.4) is 0 Å². The summed E-state index contributed by atoms with van der Waals surface area (Å²) in [6, 6.07) is 22.1. The molecule has 8 heteroatoms. The molecule has 0 saturated carbocycles. The van der Waals surface area contributed by atoms with E-state index in [1.807, 2.05) is 60.9 Å². The number of anilines is 1. The van der Waals surface area contributed by atoms with Gasteiger partial charge in [0.05, 0.1) is 15.8 Å². The fourth-order valence-corrected chi connectivity index (χ4v) is 4.89. The summed E-state index contributed by atoms with van der Waals surface area (Å²) < 4.78 is 0.690. The van der Waals surface area contributed by atoms with E-state index in [2.05, 4.69) is 9.98 Å². The maximum absolute atomic E-state index is 13.5. The molecule has 0 bridgehead atoms. The molecule has 1 aromatic heterocycles. The van der Waals surface area contributed by atoms with E-state index < -0.39 is 5.97 Å². The maximum Gasteiger partial charge on any atom is 0.335 e. The molecule has 0 saturated heterocycles. The van der Waals surface area contributed by atoms with Crippen LogP contribution in [0.2, 0.25) is 0 Å². The minimum absolute atomic E-state index is 0.177. The Morgan fingerprint density at radius 2 is 1.82 bits per heavy atom. The minimum Gasteiger partial charge on any atom is -0.478 e. The first kappa shape index (κ1) is 21.1. The van der Waals surface area contributed by atoms with Gasteiger partial charge in [-0.25, -0.2) is 19.7 Å². The predicted molar refractivity (Wildman–Crippen MR) is 133 cm³/mol. The van der Waals surface area contributed by atoms with Crippen LogP contribution < -0.4 is 4.90 Å². The topological polar surface area (TPSA) is 82.9 Å². The van der Waals surface area contributed by atoms with Crippen LogP contribution in [0.1, 0.15) is 21.5 Å². The van der Waals surface area contributed by atoms with E-state index in [1.54, 1.807) is 30.0 Å². The number of fused-ring (bicyclic) bond motifs is 1. The van der Waals surface area contributed by atoms with Gasteiger partial charge in [0, 0.05) is 10.5 Å². The van der Waals surface area contributed by atoms with Crippen LogP contribution in [0, 0.1) is 0 Å². The number of thiazole rings is 1. The third kappa shape index (κ3) is 4.06. The number of carbonyl (C=O) groups excluding carboxylic acids is 1. The van der Waals surface area contributed by atoms with Crippen molar-refractivity contribution < 1.29 is 14.7 Å². The third-order valence-corrected chi connectivity index (χ3v) is 6.87. The van der Waals surface area contributed by atoms with Crippen LogP contribution in [0.15, 0.2) is 88.4 Å². The van der Waals surface area contributed by atoms with Crippen LogP contribution in [-0.4, -0.2) is 34.1 Å². The van der Waals surface area contributed by atoms with E-state index >= 15 is 0 Å². The molecular formula is C25H17N3O3S2. The monoisotopic (exact) mass is 471 g/mol. The first-order chi connectivity index (χ1) is 16.0. The number of aliphatic imine (C=N–C) groups is 1. The molecule has 0 radical (unpaired) electrons. The van der Waals surface area contributed by atoms with Gasteiger partial charge in [0.15, 0.2) is 5.13 Å². The number of thioether (sulfide) groups is 1. The number of carboxylic acids is 1. The van der Waals surface area contributed by atoms with Gasteiger partial charge in [-0.1, -0.05) is 53.8 Å². The molecule has 4 aromatic rings. The molecule has 0 aliphatic carbocycles. The number of aromatic nitrogens is 1. The first-order valence-electron chi connectivity index (χ1n) is 10.0. The van der Waals surface area contributed by atoms with Crippen molar-refractivity contribution >= 4 is 62.2 Å². The molecule has 162 valence electrons. The zero-order chi connectivity index (χ0) is 22.9. The Morgan fingerprint density at radius 3 is 2.52 bits per heavy atom. The van der Waals surface area contributed by atoms with Crippen LogP contribution in [0.4, 0.5) is 5.13 Å². The Kier molecular flexibility index (Phi) is 5.53. The molecular weight excluding hydrogens is 454 g/mol. The fraction of sp³-hybridized carbons (Fsp3) is 0.0400. The molecule has 0 fully saturated rings. The summed E-state index contributed by atoms with van der Waals surface area (Å²) in [6.07, 6.45) is 3.78. The van der Waals surface area contributed by atoms with Crippen molar-refractivity contribution in [3.05, 3.63) is 95.2 Å². The zero-order valence-corrected chi connectivity index (χ0v) is 19.1. The van der Waals surface area contributed by atoms with E-state index in [4.69, 9.17) is 0 Å². The zero-order valence-electron chi connectivity index (χ0n) is 17.4. The molecule has 1 amide bonds. The Bertz CT molecular complexity index is 1440. The molecule has 3 aromatic carbocycles. The van der Waals surface area contributed by atoms with Crippen LogP contribution in [0.25, 0.3) is 16.3 Å². The lowest BCUT2D eigenvalue weighted by Crippen LogP contribution is -2.32. The Hall–Kier alpha value is -3.75. The van der Waals surface area contributed by atoms with E-state index in [-0.39, 0.29) is 11.5 Å². The highest BCUT2D eigenvalue weighted by molar-refractivity contribution is 7.98. The van der Waals surface area contributed by atoms with Gasteiger partial charge in [0.2, 0.25) is 0 Å². The SMILES string of the molecule is CSc1ccc(C=C2N=C(c3ccccc3)N(c3nc4ccc(C(=O)O)cc4s3)C2=O)cc1. The minimum atomic E-state index is -1.01. The Labute approximate surface area is 197 Å². The lowest BCUT2D eigenvalue weighted by atomic mass is 10.2. The number of carbonyl (C=O) groups is 2. The summed E-state index contributed by atoms with van der Waals surface area (Å²) in [5.74, 6) is -0.793. The van der Waals surface area contributed by atoms with Crippen molar-refractivity contribution in [2.45, 2.75) is 4.90 Å². The van der Waals surface area contributed by atoms with Gasteiger partial charge in [0.25, 0.3) is 5.91 Å². The number of aromatic carboxylic acids is 1. The fourth-order valence-electron chi connectivity index (χ4n) is 3.47. The average molecular weight is 472 g/mol. The highest BCUT2D eigenvalue weighted by atomic mass is 32.2. The summed E-state index contributed by atoms with van der Waals surface area (Å²) in [4.78, 5) is 36.7. The maximum atomic E-state index is 13.5. The van der Waals surface area contributed by atoms with Crippen LogP contribution >= 0.6 is 23.1 Å². The summed E-state index contributed by atoms with van der Waals surface area (Å²) in [7, 11) is 0. The second-order valence-corrected chi connectivity index (χ2v) is 9.12. The molecule has 0 atom stereocenters. The Morgan fingerprint density at radius 1 is 1.06 bits per heavy atom. The van der Waals surface area contributed by atoms with Crippen molar-refractivity contribution in [3.63, 3.8) is 0 Å². The molecule has 2 heterocycles. The third-order valence-electron chi connectivity index (χ3n) is 5.13. The molecule has 6 nitrogen and oxygen atoms in total. The van der Waals surface area contributed by atoms with Gasteiger partial charge in [-0.3, -0.25) is 4.79 Å². The smallest absolute Gasteiger partial charge is 0.335 e. The van der Waals surface area contributed by atoms with E-state index in [0.717, 1.165) is 16.0 Å². The van der Waals surface area contributed by atoms with Gasteiger partial charge in [0.1, 0.15) is 11.5 Å². The number of amides is 1. The average Bonchev–Trinajstić information content (AvgIpc) is 3.40. The quantitative estimate of drug-likeness (QED) is 0.305. The number of hydrogen-bond donors (Lipinski definition) is 1. The van der Waals surface area contributed by atoms with Crippen LogP contribution in [0.5, 0.6) is 0 Å². The second kappa shape index (κ2) is 8.65. The summed E-state index contributed by atoms with van der Waals surface area (Å²) >= 11 is 2.92. The molecule has 5 rings (SSSR count). The second-order valence-electron chi connectivity index (χ2n) is 7.23. The number of amidine groups is 1. The molecule has 0 unspecified atom stereocenters. The van der Waals surface area contributed by atoms with E-state index in [0.29, 0.717) is 26.9 Å². The first-order valence-corrected chi connectivity index (χ1v) is 12.1. The predicted octanol–water partition coefficient (Wildman–Crippen LogP) is 5.55. The van der Waals surface area contributed by atoms with Gasteiger partial charge in [-0.05, 0) is 48.2 Å². The summed E-state index contributed by atoms with van der Waals surface area (Å²) in [5.41, 5.74) is 2.79. The lowest BCUT2D eigenvalue weighted by Gasteiger charge is -2.14. The van der Waals surface area contributed by atoms with Gasteiger partial charge in [-0.2, -0.15) is 0 Å². The van der Waals surface area contributed by atoms with Crippen molar-refractivity contribution in [1.29, 1.82) is 0 Å². The van der Waals surface area contributed by atoms with Crippen molar-refractivity contribution in [2.75, 3.05) is 11.2 Å².